The van der Waals surface area contributed by atoms with E-state index in [2.05, 4.69) is 51.0 Å². The zero-order chi connectivity index (χ0) is 13.1. The number of nitrogens with one attached hydrogen (secondary N) is 1. The lowest BCUT2D eigenvalue weighted by Crippen LogP contribution is -2.08. The molecule has 2 nitrogen and oxygen atoms in total. The van der Waals surface area contributed by atoms with Gasteiger partial charge in [-0.3, -0.25) is 4.99 Å². The van der Waals surface area contributed by atoms with E-state index in [4.69, 9.17) is 4.99 Å². The minimum Gasteiger partial charge on any atom is -0.334 e. The average molecular weight is 392 g/mol. The second-order valence-electron chi connectivity index (χ2n) is 4.78. The van der Waals surface area contributed by atoms with Gasteiger partial charge in [0.1, 0.15) is 0 Å². The van der Waals surface area contributed by atoms with Crippen LogP contribution in [0.15, 0.2) is 32.1 Å². The number of thioether (sulfide) groups is 1. The summed E-state index contributed by atoms with van der Waals surface area (Å²) in [4.78, 5) is 4.72. The summed E-state index contributed by atoms with van der Waals surface area (Å²) < 4.78 is 2.12. The lowest BCUT2D eigenvalue weighted by atomic mass is 10.1. The molecule has 0 saturated heterocycles. The van der Waals surface area contributed by atoms with Gasteiger partial charge in [0.05, 0.1) is 11.7 Å². The highest BCUT2D eigenvalue weighted by Crippen LogP contribution is 2.29. The minimum atomic E-state index is 0.465. The Morgan fingerprint density at radius 1 is 1.44 bits per heavy atom. The standard InChI is InChI=1S/C13H16Br2N2S/c1-8(2)5-10-7-18-13(16-10)17-12-4-3-9(14)6-11(12)15/h3-4,6,8,10H,5,7H2,1-2H3,(H,16,17). The number of amidine groups is 1. The molecule has 0 aromatic heterocycles. The highest BCUT2D eigenvalue weighted by Gasteiger charge is 2.19. The second kappa shape index (κ2) is 6.44. The van der Waals surface area contributed by atoms with Gasteiger partial charge >= 0.3 is 0 Å². The number of rotatable bonds is 3. The highest BCUT2D eigenvalue weighted by atomic mass is 79.9. The monoisotopic (exact) mass is 390 g/mol. The van der Waals surface area contributed by atoms with Gasteiger partial charge in [-0.2, -0.15) is 0 Å². The molecule has 1 heterocycles. The van der Waals surface area contributed by atoms with Crippen LogP contribution in [0.4, 0.5) is 5.69 Å². The quantitative estimate of drug-likeness (QED) is 0.771. The van der Waals surface area contributed by atoms with Crippen LogP contribution in [-0.4, -0.2) is 17.0 Å². The lowest BCUT2D eigenvalue weighted by Gasteiger charge is -2.08. The van der Waals surface area contributed by atoms with Crippen LogP contribution in [0.2, 0.25) is 0 Å². The predicted octanol–water partition coefficient (Wildman–Crippen LogP) is 5.14. The van der Waals surface area contributed by atoms with Gasteiger partial charge < -0.3 is 5.32 Å². The molecular formula is C13H16Br2N2S. The van der Waals surface area contributed by atoms with E-state index >= 15 is 0 Å². The fourth-order valence-electron chi connectivity index (χ4n) is 1.85. The number of halogens is 2. The maximum atomic E-state index is 4.72. The van der Waals surface area contributed by atoms with Crippen molar-refractivity contribution < 1.29 is 0 Å². The van der Waals surface area contributed by atoms with Crippen molar-refractivity contribution in [3.8, 4) is 0 Å². The third kappa shape index (κ3) is 4.00. The van der Waals surface area contributed by atoms with Crippen LogP contribution < -0.4 is 5.32 Å². The van der Waals surface area contributed by atoms with Crippen molar-refractivity contribution in [2.75, 3.05) is 11.1 Å². The van der Waals surface area contributed by atoms with Gasteiger partial charge in [-0.1, -0.05) is 41.5 Å². The lowest BCUT2D eigenvalue weighted by molar-refractivity contribution is 0.529. The topological polar surface area (TPSA) is 24.4 Å². The van der Waals surface area contributed by atoms with Crippen LogP contribution in [-0.2, 0) is 0 Å². The molecule has 5 heteroatoms. The fraction of sp³-hybridized carbons (Fsp3) is 0.462. The van der Waals surface area contributed by atoms with Crippen LogP contribution in [0.5, 0.6) is 0 Å². The molecular weight excluding hydrogens is 376 g/mol. The van der Waals surface area contributed by atoms with Crippen LogP contribution in [0, 0.1) is 5.92 Å². The van der Waals surface area contributed by atoms with E-state index in [-0.39, 0.29) is 0 Å². The number of aliphatic imine (C=N–C) groups is 1. The Bertz CT molecular complexity index is 460. The molecule has 1 aliphatic heterocycles. The third-order valence-electron chi connectivity index (χ3n) is 2.63. The van der Waals surface area contributed by atoms with Crippen molar-refractivity contribution >= 4 is 54.5 Å². The summed E-state index contributed by atoms with van der Waals surface area (Å²) in [6.07, 6.45) is 1.17. The number of hydrogen-bond acceptors (Lipinski definition) is 3. The van der Waals surface area contributed by atoms with Crippen LogP contribution in [0.25, 0.3) is 0 Å². The van der Waals surface area contributed by atoms with E-state index in [0.717, 1.165) is 25.6 Å². The molecule has 2 rings (SSSR count). The summed E-state index contributed by atoms with van der Waals surface area (Å²) >= 11 is 8.81. The summed E-state index contributed by atoms with van der Waals surface area (Å²) in [7, 11) is 0. The maximum Gasteiger partial charge on any atom is 0.161 e. The molecule has 1 aromatic carbocycles. The zero-order valence-corrected chi connectivity index (χ0v) is 14.4. The highest BCUT2D eigenvalue weighted by molar-refractivity contribution is 9.11. The molecule has 0 fully saturated rings. The Hall–Kier alpha value is -0.0000000000000000555. The zero-order valence-electron chi connectivity index (χ0n) is 10.4. The molecule has 0 bridgehead atoms. The number of nitrogens with zero attached hydrogens (tertiary/aromatic N) is 1. The molecule has 0 amide bonds. The molecule has 1 N–H and O–H groups in total. The normalized spacial score (nSPS) is 19.2. The Morgan fingerprint density at radius 3 is 2.89 bits per heavy atom. The molecule has 0 radical (unpaired) electrons. The van der Waals surface area contributed by atoms with E-state index in [1.165, 1.54) is 6.42 Å². The van der Waals surface area contributed by atoms with E-state index in [0.29, 0.717) is 12.0 Å². The molecule has 18 heavy (non-hydrogen) atoms. The molecule has 1 atom stereocenters. The van der Waals surface area contributed by atoms with Gasteiger partial charge in [0.25, 0.3) is 0 Å². The second-order valence-corrected chi connectivity index (χ2v) is 7.56. The largest absolute Gasteiger partial charge is 0.334 e. The predicted molar refractivity (Wildman–Crippen MR) is 88.6 cm³/mol. The third-order valence-corrected chi connectivity index (χ3v) is 4.81. The molecule has 0 saturated carbocycles. The van der Waals surface area contributed by atoms with Crippen molar-refractivity contribution in [1.82, 2.24) is 0 Å². The Kier molecular flexibility index (Phi) is 5.15. The first-order chi connectivity index (χ1) is 8.54. The van der Waals surface area contributed by atoms with Crippen molar-refractivity contribution in [1.29, 1.82) is 0 Å². The van der Waals surface area contributed by atoms with Crippen molar-refractivity contribution in [2.45, 2.75) is 26.3 Å². The van der Waals surface area contributed by atoms with Crippen molar-refractivity contribution in [3.63, 3.8) is 0 Å². The van der Waals surface area contributed by atoms with E-state index in [1.54, 1.807) is 11.8 Å². The van der Waals surface area contributed by atoms with Gasteiger partial charge in [-0.25, -0.2) is 0 Å². The molecule has 1 unspecified atom stereocenters. The Balaban J connectivity index is 2.02. The average Bonchev–Trinajstić information content (AvgIpc) is 2.69. The number of anilines is 1. The van der Waals surface area contributed by atoms with E-state index < -0.39 is 0 Å². The van der Waals surface area contributed by atoms with Gasteiger partial charge in [0, 0.05) is 14.7 Å². The van der Waals surface area contributed by atoms with Crippen LogP contribution in [0.1, 0.15) is 20.3 Å². The minimum absolute atomic E-state index is 0.465. The Morgan fingerprint density at radius 2 is 2.22 bits per heavy atom. The summed E-state index contributed by atoms with van der Waals surface area (Å²) in [5, 5.41) is 4.42. The fourth-order valence-corrected chi connectivity index (χ4v) is 3.97. The van der Waals surface area contributed by atoms with Gasteiger partial charge in [0.15, 0.2) is 5.17 Å². The summed E-state index contributed by atoms with van der Waals surface area (Å²) in [5.74, 6) is 1.80. The van der Waals surface area contributed by atoms with E-state index in [1.807, 2.05) is 18.2 Å². The van der Waals surface area contributed by atoms with E-state index in [9.17, 15) is 0 Å². The van der Waals surface area contributed by atoms with Gasteiger partial charge in [-0.15, -0.1) is 0 Å². The first kappa shape index (κ1) is 14.4. The number of hydrogen-bond donors (Lipinski definition) is 1. The molecule has 98 valence electrons. The smallest absolute Gasteiger partial charge is 0.161 e. The molecule has 0 spiro atoms. The van der Waals surface area contributed by atoms with Crippen molar-refractivity contribution in [3.05, 3.63) is 27.1 Å². The summed E-state index contributed by atoms with van der Waals surface area (Å²) in [5.41, 5.74) is 1.06. The van der Waals surface area contributed by atoms with Gasteiger partial charge in [-0.05, 0) is 46.5 Å². The van der Waals surface area contributed by atoms with Crippen LogP contribution >= 0.6 is 43.6 Å². The summed E-state index contributed by atoms with van der Waals surface area (Å²) in [6, 6.07) is 6.58. The first-order valence-electron chi connectivity index (χ1n) is 5.97. The van der Waals surface area contributed by atoms with Crippen LogP contribution in [0.3, 0.4) is 0 Å². The summed E-state index contributed by atoms with van der Waals surface area (Å²) in [6.45, 7) is 4.49. The maximum absolute atomic E-state index is 4.72. The SMILES string of the molecule is CC(C)CC1CSC(Nc2ccc(Br)cc2Br)=N1. The molecule has 1 aromatic rings. The van der Waals surface area contributed by atoms with Crippen molar-refractivity contribution in [2.24, 2.45) is 10.9 Å². The molecule has 1 aliphatic rings. The Labute approximate surface area is 129 Å². The number of benzene rings is 1. The van der Waals surface area contributed by atoms with Gasteiger partial charge in [0.2, 0.25) is 0 Å². The first-order valence-corrected chi connectivity index (χ1v) is 8.54. The molecule has 0 aliphatic carbocycles.